The van der Waals surface area contributed by atoms with Crippen molar-refractivity contribution < 1.29 is 0 Å². The molecule has 0 aliphatic carbocycles. The van der Waals surface area contributed by atoms with Crippen LogP contribution < -0.4 is 5.32 Å². The molecule has 1 nitrogen and oxygen atoms in total. The summed E-state index contributed by atoms with van der Waals surface area (Å²) in [5.74, 6) is 6.26. The zero-order valence-corrected chi connectivity index (χ0v) is 10.4. The third kappa shape index (κ3) is 4.45. The molecule has 0 saturated carbocycles. The van der Waals surface area contributed by atoms with Crippen LogP contribution in [-0.2, 0) is 6.42 Å². The number of hydrogen-bond acceptors (Lipinski definition) is 1. The Morgan fingerprint density at radius 3 is 2.22 bits per heavy atom. The van der Waals surface area contributed by atoms with Crippen LogP contribution in [0, 0.1) is 11.8 Å². The fourth-order valence-electron chi connectivity index (χ4n) is 1.70. The minimum absolute atomic E-state index is 0.738. The molecule has 2 aromatic carbocycles. The molecule has 0 aromatic heterocycles. The molecule has 0 atom stereocenters. The molecule has 1 N–H and O–H groups in total. The quantitative estimate of drug-likeness (QED) is 0.634. The summed E-state index contributed by atoms with van der Waals surface area (Å²) in [6.07, 6.45) is 1.05. The third-order valence-corrected chi connectivity index (χ3v) is 2.65. The van der Waals surface area contributed by atoms with Gasteiger partial charge in [-0.1, -0.05) is 60.4 Å². The lowest BCUT2D eigenvalue weighted by Crippen LogP contribution is -2.17. The summed E-state index contributed by atoms with van der Waals surface area (Å²) in [6.45, 7) is 1.70. The van der Waals surface area contributed by atoms with Gasteiger partial charge in [-0.05, 0) is 24.1 Å². The predicted octanol–water partition coefficient (Wildman–Crippen LogP) is 2.87. The molecule has 0 saturated heterocycles. The minimum Gasteiger partial charge on any atom is -0.306 e. The van der Waals surface area contributed by atoms with E-state index >= 15 is 0 Å². The van der Waals surface area contributed by atoms with E-state index in [2.05, 4.69) is 41.4 Å². The zero-order valence-electron chi connectivity index (χ0n) is 10.4. The molecule has 0 fully saturated rings. The highest BCUT2D eigenvalue weighted by atomic mass is 14.8. The van der Waals surface area contributed by atoms with Crippen LogP contribution in [-0.4, -0.2) is 13.1 Å². The molecule has 0 aliphatic heterocycles. The lowest BCUT2D eigenvalue weighted by Gasteiger charge is -2.00. The van der Waals surface area contributed by atoms with E-state index in [1.54, 1.807) is 0 Å². The standard InChI is InChI=1S/C17H17N/c1-3-8-16(9-4-1)12-7-14-18-15-13-17-10-5-2-6-11-17/h1-6,8-11,18H,13-15H2. The van der Waals surface area contributed by atoms with Crippen molar-refractivity contribution in [1.29, 1.82) is 0 Å². The first-order valence-electron chi connectivity index (χ1n) is 6.24. The third-order valence-electron chi connectivity index (χ3n) is 2.65. The summed E-state index contributed by atoms with van der Waals surface area (Å²) in [7, 11) is 0. The van der Waals surface area contributed by atoms with E-state index in [1.165, 1.54) is 5.56 Å². The van der Waals surface area contributed by atoms with Crippen molar-refractivity contribution >= 4 is 0 Å². The Morgan fingerprint density at radius 1 is 0.833 bits per heavy atom. The van der Waals surface area contributed by atoms with Crippen molar-refractivity contribution in [2.45, 2.75) is 6.42 Å². The first-order chi connectivity index (χ1) is 8.95. The minimum atomic E-state index is 0.738. The van der Waals surface area contributed by atoms with Crippen LogP contribution in [0.5, 0.6) is 0 Å². The van der Waals surface area contributed by atoms with Gasteiger partial charge in [0.25, 0.3) is 0 Å². The van der Waals surface area contributed by atoms with E-state index < -0.39 is 0 Å². The van der Waals surface area contributed by atoms with Crippen LogP contribution in [0.3, 0.4) is 0 Å². The Morgan fingerprint density at radius 2 is 1.50 bits per heavy atom. The maximum Gasteiger partial charge on any atom is 0.0580 e. The van der Waals surface area contributed by atoms with Crippen LogP contribution >= 0.6 is 0 Å². The molecule has 0 spiro atoms. The van der Waals surface area contributed by atoms with Gasteiger partial charge in [-0.3, -0.25) is 0 Å². The Labute approximate surface area is 109 Å². The average molecular weight is 235 g/mol. The Bertz CT molecular complexity index is 506. The fraction of sp³-hybridized carbons (Fsp3) is 0.176. The lowest BCUT2D eigenvalue weighted by molar-refractivity contribution is 0.753. The summed E-state index contributed by atoms with van der Waals surface area (Å²) < 4.78 is 0. The number of hydrogen-bond donors (Lipinski definition) is 1. The van der Waals surface area contributed by atoms with Gasteiger partial charge < -0.3 is 5.32 Å². The number of rotatable bonds is 4. The van der Waals surface area contributed by atoms with Gasteiger partial charge in [0.2, 0.25) is 0 Å². The molecule has 0 aliphatic rings. The first-order valence-corrected chi connectivity index (χ1v) is 6.24. The van der Waals surface area contributed by atoms with Gasteiger partial charge in [0.05, 0.1) is 6.54 Å². The maximum absolute atomic E-state index is 3.33. The highest BCUT2D eigenvalue weighted by molar-refractivity contribution is 5.33. The van der Waals surface area contributed by atoms with Crippen molar-refractivity contribution in [3.63, 3.8) is 0 Å². The maximum atomic E-state index is 3.33. The second-order valence-electron chi connectivity index (χ2n) is 4.08. The molecular weight excluding hydrogens is 218 g/mol. The monoisotopic (exact) mass is 235 g/mol. The lowest BCUT2D eigenvalue weighted by atomic mass is 10.1. The summed E-state index contributed by atoms with van der Waals surface area (Å²) >= 11 is 0. The van der Waals surface area contributed by atoms with Gasteiger partial charge in [0, 0.05) is 12.1 Å². The molecule has 0 heterocycles. The predicted molar refractivity (Wildman–Crippen MR) is 76.3 cm³/mol. The fourth-order valence-corrected chi connectivity index (χ4v) is 1.70. The summed E-state index contributed by atoms with van der Waals surface area (Å²) in [6, 6.07) is 20.6. The van der Waals surface area contributed by atoms with Crippen molar-refractivity contribution in [2.24, 2.45) is 0 Å². The van der Waals surface area contributed by atoms with Crippen molar-refractivity contribution in [2.75, 3.05) is 13.1 Å². The molecule has 2 aromatic rings. The normalized spacial score (nSPS) is 9.56. The second-order valence-corrected chi connectivity index (χ2v) is 4.08. The van der Waals surface area contributed by atoms with E-state index in [9.17, 15) is 0 Å². The second kappa shape index (κ2) is 7.32. The molecule has 0 radical (unpaired) electrons. The Hall–Kier alpha value is -2.04. The SMILES string of the molecule is C(#Cc1ccccc1)CNCCc1ccccc1. The Kier molecular flexibility index (Phi) is 5.05. The van der Waals surface area contributed by atoms with E-state index in [4.69, 9.17) is 0 Å². The van der Waals surface area contributed by atoms with Gasteiger partial charge in [-0.25, -0.2) is 0 Å². The van der Waals surface area contributed by atoms with Crippen LogP contribution in [0.25, 0.3) is 0 Å². The molecule has 1 heteroatoms. The van der Waals surface area contributed by atoms with E-state index in [0.717, 1.165) is 25.1 Å². The van der Waals surface area contributed by atoms with E-state index in [-0.39, 0.29) is 0 Å². The Balaban J connectivity index is 1.67. The number of benzene rings is 2. The van der Waals surface area contributed by atoms with E-state index in [0.29, 0.717) is 0 Å². The molecule has 18 heavy (non-hydrogen) atoms. The van der Waals surface area contributed by atoms with Crippen LogP contribution in [0.1, 0.15) is 11.1 Å². The van der Waals surface area contributed by atoms with Gasteiger partial charge in [-0.15, -0.1) is 0 Å². The van der Waals surface area contributed by atoms with Gasteiger partial charge in [0.1, 0.15) is 0 Å². The first kappa shape index (κ1) is 12.4. The molecule has 2 rings (SSSR count). The number of nitrogens with one attached hydrogen (secondary N) is 1. The largest absolute Gasteiger partial charge is 0.306 e. The average Bonchev–Trinajstić information content (AvgIpc) is 2.45. The smallest absolute Gasteiger partial charge is 0.0580 e. The molecule has 0 amide bonds. The highest BCUT2D eigenvalue weighted by Gasteiger charge is 1.89. The van der Waals surface area contributed by atoms with Crippen molar-refractivity contribution in [3.8, 4) is 11.8 Å². The van der Waals surface area contributed by atoms with Gasteiger partial charge in [0.15, 0.2) is 0 Å². The zero-order chi connectivity index (χ0) is 12.5. The van der Waals surface area contributed by atoms with Gasteiger partial charge in [-0.2, -0.15) is 0 Å². The van der Waals surface area contributed by atoms with Gasteiger partial charge >= 0.3 is 0 Å². The topological polar surface area (TPSA) is 12.0 Å². The highest BCUT2D eigenvalue weighted by Crippen LogP contribution is 1.98. The molecular formula is C17H17N. The molecule has 0 unspecified atom stereocenters. The van der Waals surface area contributed by atoms with Crippen LogP contribution in [0.4, 0.5) is 0 Å². The summed E-state index contributed by atoms with van der Waals surface area (Å²) in [5, 5.41) is 3.33. The van der Waals surface area contributed by atoms with Crippen molar-refractivity contribution in [3.05, 3.63) is 71.8 Å². The van der Waals surface area contributed by atoms with Crippen LogP contribution in [0.15, 0.2) is 60.7 Å². The summed E-state index contributed by atoms with van der Waals surface area (Å²) in [5.41, 5.74) is 2.43. The van der Waals surface area contributed by atoms with Crippen molar-refractivity contribution in [1.82, 2.24) is 5.32 Å². The van der Waals surface area contributed by atoms with Crippen LogP contribution in [0.2, 0.25) is 0 Å². The molecule has 90 valence electrons. The molecule has 0 bridgehead atoms. The summed E-state index contributed by atoms with van der Waals surface area (Å²) in [4.78, 5) is 0. The van der Waals surface area contributed by atoms with E-state index in [1.807, 2.05) is 36.4 Å².